The first kappa shape index (κ1) is 17.3. The standard InChI is InChI=1S/C16H32N2/c1-7-11-15(9-3)17-13(5)14(6)18-16(10-4)12-8-2/h15-16H,7-12H2,1-6H3. The molecule has 2 nitrogen and oxygen atoms in total. The largest absolute Gasteiger partial charge is 0.285 e. The van der Waals surface area contributed by atoms with Crippen molar-refractivity contribution in [3.63, 3.8) is 0 Å². The van der Waals surface area contributed by atoms with Crippen molar-refractivity contribution in [2.45, 2.75) is 92.2 Å². The van der Waals surface area contributed by atoms with Crippen LogP contribution in [0.4, 0.5) is 0 Å². The highest BCUT2D eigenvalue weighted by Gasteiger charge is 2.07. The molecule has 106 valence electrons. The molecule has 0 N–H and O–H groups in total. The highest BCUT2D eigenvalue weighted by atomic mass is 14.8. The van der Waals surface area contributed by atoms with Gasteiger partial charge in [0.15, 0.2) is 0 Å². The SMILES string of the molecule is CCCC(CC)N=C(C)C(C)=NC(CC)CCC. The van der Waals surface area contributed by atoms with Gasteiger partial charge in [-0.05, 0) is 39.5 Å². The first-order valence-electron chi connectivity index (χ1n) is 7.68. The number of hydrogen-bond donors (Lipinski definition) is 0. The molecule has 0 aliphatic carbocycles. The number of hydrogen-bond acceptors (Lipinski definition) is 2. The zero-order valence-corrected chi connectivity index (χ0v) is 13.3. The van der Waals surface area contributed by atoms with Crippen LogP contribution in [0.1, 0.15) is 80.1 Å². The summed E-state index contributed by atoms with van der Waals surface area (Å²) in [6, 6.07) is 0.956. The molecule has 2 atom stereocenters. The third-order valence-corrected chi connectivity index (χ3v) is 3.46. The fourth-order valence-corrected chi connectivity index (χ4v) is 2.12. The quantitative estimate of drug-likeness (QED) is 0.512. The fourth-order valence-electron chi connectivity index (χ4n) is 2.12. The maximum absolute atomic E-state index is 4.82. The Morgan fingerprint density at radius 3 is 1.28 bits per heavy atom. The molecule has 0 aromatic heterocycles. The number of nitrogens with zero attached hydrogens (tertiary/aromatic N) is 2. The molecule has 0 radical (unpaired) electrons. The monoisotopic (exact) mass is 252 g/mol. The van der Waals surface area contributed by atoms with Gasteiger partial charge in [-0.3, -0.25) is 9.98 Å². The first-order chi connectivity index (χ1) is 8.58. The van der Waals surface area contributed by atoms with Gasteiger partial charge in [-0.1, -0.05) is 40.5 Å². The number of aliphatic imine (C=N–C) groups is 2. The van der Waals surface area contributed by atoms with Crippen LogP contribution in [0.15, 0.2) is 9.98 Å². The second kappa shape index (κ2) is 10.3. The molecular weight excluding hydrogens is 220 g/mol. The van der Waals surface area contributed by atoms with Crippen LogP contribution in [0.3, 0.4) is 0 Å². The van der Waals surface area contributed by atoms with Crippen LogP contribution in [-0.2, 0) is 0 Å². The van der Waals surface area contributed by atoms with Gasteiger partial charge in [0.25, 0.3) is 0 Å². The molecule has 0 rings (SSSR count). The van der Waals surface area contributed by atoms with Gasteiger partial charge in [0.1, 0.15) is 0 Å². The zero-order valence-electron chi connectivity index (χ0n) is 13.3. The molecule has 2 heteroatoms. The predicted octanol–water partition coefficient (Wildman–Crippen LogP) is 5.07. The molecular formula is C16H32N2. The Labute approximate surface area is 114 Å². The minimum Gasteiger partial charge on any atom is -0.285 e. The molecule has 0 heterocycles. The lowest BCUT2D eigenvalue weighted by Crippen LogP contribution is -2.15. The van der Waals surface area contributed by atoms with E-state index in [0.29, 0.717) is 12.1 Å². The van der Waals surface area contributed by atoms with Crippen LogP contribution in [0.2, 0.25) is 0 Å². The lowest BCUT2D eigenvalue weighted by atomic mass is 10.1. The minimum atomic E-state index is 0.478. The van der Waals surface area contributed by atoms with Crippen molar-refractivity contribution >= 4 is 11.4 Å². The van der Waals surface area contributed by atoms with Gasteiger partial charge in [-0.25, -0.2) is 0 Å². The van der Waals surface area contributed by atoms with Crippen molar-refractivity contribution in [2.75, 3.05) is 0 Å². The van der Waals surface area contributed by atoms with E-state index >= 15 is 0 Å². The van der Waals surface area contributed by atoms with Crippen LogP contribution < -0.4 is 0 Å². The van der Waals surface area contributed by atoms with E-state index in [0.717, 1.165) is 24.3 Å². The Morgan fingerprint density at radius 2 is 1.06 bits per heavy atom. The summed E-state index contributed by atoms with van der Waals surface area (Å²) in [5, 5.41) is 0. The van der Waals surface area contributed by atoms with Gasteiger partial charge < -0.3 is 0 Å². The van der Waals surface area contributed by atoms with E-state index in [4.69, 9.17) is 9.98 Å². The van der Waals surface area contributed by atoms with Crippen LogP contribution in [0.5, 0.6) is 0 Å². The summed E-state index contributed by atoms with van der Waals surface area (Å²) in [7, 11) is 0. The molecule has 0 aliphatic rings. The van der Waals surface area contributed by atoms with Gasteiger partial charge >= 0.3 is 0 Å². The Kier molecular flexibility index (Phi) is 9.90. The second-order valence-corrected chi connectivity index (χ2v) is 5.13. The van der Waals surface area contributed by atoms with Crippen LogP contribution in [0.25, 0.3) is 0 Å². The van der Waals surface area contributed by atoms with Crippen molar-refractivity contribution < 1.29 is 0 Å². The van der Waals surface area contributed by atoms with Crippen molar-refractivity contribution in [1.29, 1.82) is 0 Å². The molecule has 0 amide bonds. The van der Waals surface area contributed by atoms with E-state index in [1.165, 1.54) is 25.7 Å². The van der Waals surface area contributed by atoms with Crippen molar-refractivity contribution in [1.82, 2.24) is 0 Å². The van der Waals surface area contributed by atoms with Crippen LogP contribution in [0, 0.1) is 0 Å². The molecule has 0 aromatic carbocycles. The maximum Gasteiger partial charge on any atom is 0.0528 e. The zero-order chi connectivity index (χ0) is 14.0. The Hall–Kier alpha value is -0.660. The summed E-state index contributed by atoms with van der Waals surface area (Å²) >= 11 is 0. The third-order valence-electron chi connectivity index (χ3n) is 3.46. The van der Waals surface area contributed by atoms with Gasteiger partial charge in [-0.2, -0.15) is 0 Å². The molecule has 0 saturated carbocycles. The highest BCUT2D eigenvalue weighted by molar-refractivity contribution is 6.40. The first-order valence-corrected chi connectivity index (χ1v) is 7.68. The molecule has 18 heavy (non-hydrogen) atoms. The van der Waals surface area contributed by atoms with E-state index in [1.54, 1.807) is 0 Å². The van der Waals surface area contributed by atoms with Gasteiger partial charge in [0, 0.05) is 0 Å². The van der Waals surface area contributed by atoms with Crippen LogP contribution in [-0.4, -0.2) is 23.5 Å². The summed E-state index contributed by atoms with van der Waals surface area (Å²) in [6.45, 7) is 13.1. The average Bonchev–Trinajstić information content (AvgIpc) is 2.37. The molecule has 2 unspecified atom stereocenters. The Balaban J connectivity index is 4.67. The molecule has 0 aliphatic heterocycles. The topological polar surface area (TPSA) is 24.7 Å². The van der Waals surface area contributed by atoms with Gasteiger partial charge in [0.2, 0.25) is 0 Å². The second-order valence-electron chi connectivity index (χ2n) is 5.13. The average molecular weight is 252 g/mol. The lowest BCUT2D eigenvalue weighted by molar-refractivity contribution is 0.586. The molecule has 0 aromatic rings. The summed E-state index contributed by atoms with van der Waals surface area (Å²) in [4.78, 5) is 9.64. The molecule has 0 bridgehead atoms. The molecule has 0 fully saturated rings. The third kappa shape index (κ3) is 6.93. The number of rotatable bonds is 9. The van der Waals surface area contributed by atoms with Crippen molar-refractivity contribution in [2.24, 2.45) is 9.98 Å². The minimum absolute atomic E-state index is 0.478. The fraction of sp³-hybridized carbons (Fsp3) is 0.875. The van der Waals surface area contributed by atoms with Gasteiger partial charge in [0.05, 0.1) is 23.5 Å². The van der Waals surface area contributed by atoms with Gasteiger partial charge in [-0.15, -0.1) is 0 Å². The summed E-state index contributed by atoms with van der Waals surface area (Å²) in [5.74, 6) is 0. The van der Waals surface area contributed by atoms with E-state index in [1.807, 2.05) is 0 Å². The van der Waals surface area contributed by atoms with Crippen LogP contribution >= 0.6 is 0 Å². The highest BCUT2D eigenvalue weighted by Crippen LogP contribution is 2.09. The summed E-state index contributed by atoms with van der Waals surface area (Å²) < 4.78 is 0. The Morgan fingerprint density at radius 1 is 0.722 bits per heavy atom. The van der Waals surface area contributed by atoms with E-state index in [9.17, 15) is 0 Å². The summed E-state index contributed by atoms with van der Waals surface area (Å²) in [5.41, 5.74) is 2.26. The van der Waals surface area contributed by atoms with Crippen molar-refractivity contribution in [3.05, 3.63) is 0 Å². The van der Waals surface area contributed by atoms with E-state index in [-0.39, 0.29) is 0 Å². The van der Waals surface area contributed by atoms with Crippen molar-refractivity contribution in [3.8, 4) is 0 Å². The Bertz CT molecular complexity index is 238. The van der Waals surface area contributed by atoms with E-state index < -0.39 is 0 Å². The summed E-state index contributed by atoms with van der Waals surface area (Å²) in [6.07, 6.45) is 7.05. The molecule has 0 spiro atoms. The normalized spacial score (nSPS) is 16.8. The smallest absolute Gasteiger partial charge is 0.0528 e. The predicted molar refractivity (Wildman–Crippen MR) is 84.2 cm³/mol. The molecule has 0 saturated heterocycles. The van der Waals surface area contributed by atoms with E-state index in [2.05, 4.69) is 41.5 Å². The lowest BCUT2D eigenvalue weighted by Gasteiger charge is -2.13. The maximum atomic E-state index is 4.82.